The van der Waals surface area contributed by atoms with Crippen LogP contribution in [0.4, 0.5) is 28.4 Å². The number of carbonyl (C=O) groups is 1. The number of anilines is 4. The van der Waals surface area contributed by atoms with Gasteiger partial charge >= 0.3 is 0 Å². The number of carbonyl (C=O) groups excluding carboxylic acids is 1. The van der Waals surface area contributed by atoms with Crippen molar-refractivity contribution in [1.82, 2.24) is 24.5 Å². The van der Waals surface area contributed by atoms with E-state index < -0.39 is 43.1 Å². The van der Waals surface area contributed by atoms with E-state index in [9.17, 15) is 28.4 Å². The second-order valence-electron chi connectivity index (χ2n) is 22.2. The fraction of sp³-hybridized carbons (Fsp3) is 0.536. The summed E-state index contributed by atoms with van der Waals surface area (Å²) in [7, 11) is -4.62. The number of pyridine rings is 1. The molecule has 2 aliphatic carbocycles. The largest absolute Gasteiger partial charge is 0.468 e. The first-order chi connectivity index (χ1) is 36.2. The van der Waals surface area contributed by atoms with Gasteiger partial charge in [0.05, 0.1) is 58.6 Å². The molecule has 5 aromatic rings. The van der Waals surface area contributed by atoms with Crippen LogP contribution < -0.4 is 24.6 Å². The van der Waals surface area contributed by atoms with Crippen molar-refractivity contribution in [3.8, 4) is 5.88 Å². The van der Waals surface area contributed by atoms with Crippen molar-refractivity contribution < 1.29 is 37.5 Å². The lowest BCUT2D eigenvalue weighted by Crippen LogP contribution is -2.54. The van der Waals surface area contributed by atoms with E-state index in [-0.39, 0.29) is 29.3 Å². The number of rotatable bonds is 13. The van der Waals surface area contributed by atoms with Gasteiger partial charge in [-0.05, 0) is 130 Å². The molecule has 3 aromatic carbocycles. The Bertz CT molecular complexity index is 3000. The van der Waals surface area contributed by atoms with E-state index in [2.05, 4.69) is 72.7 Å². The Hall–Kier alpha value is -5.83. The van der Waals surface area contributed by atoms with E-state index in [0.717, 1.165) is 102 Å². The Morgan fingerprint density at radius 3 is 2.43 bits per heavy atom. The third-order valence-electron chi connectivity index (χ3n) is 17.0. The molecule has 6 aliphatic rings. The van der Waals surface area contributed by atoms with Gasteiger partial charge in [0, 0.05) is 81.3 Å². The van der Waals surface area contributed by atoms with Crippen LogP contribution in [-0.2, 0) is 19.5 Å². The van der Waals surface area contributed by atoms with Crippen molar-refractivity contribution in [3.05, 3.63) is 106 Å². The number of amides is 1. The molecule has 2 aromatic heterocycles. The molecule has 11 rings (SSSR count). The Morgan fingerprint density at radius 1 is 0.893 bits per heavy atom. The number of hydrogen-bond acceptors (Lipinski definition) is 15. The summed E-state index contributed by atoms with van der Waals surface area (Å²) in [5.74, 6) is 0.129. The SMILES string of the molecule is CC(C)c1ccccc1[C@@H]1COCCN1C1CCC(N2CCN(c3ccc(C(=O)NS(=O)(=O)c4ccc(NCC5CCC(C)(O)CC5)c([N+](=O)[O-])c4)c(N4c5cc6cc[nH]c6nc5O[C@H]5COCC[C@@H]54)c3)CC2)CC1. The van der Waals surface area contributed by atoms with E-state index in [4.69, 9.17) is 19.2 Å². The summed E-state index contributed by atoms with van der Waals surface area (Å²) in [5, 5.41) is 26.8. The number of hydrogen-bond donors (Lipinski definition) is 4. The first-order valence-corrected chi connectivity index (χ1v) is 28.6. The van der Waals surface area contributed by atoms with Gasteiger partial charge in [-0.3, -0.25) is 24.7 Å². The zero-order chi connectivity index (χ0) is 52.0. The number of nitro benzene ring substituents is 1. The van der Waals surface area contributed by atoms with Crippen LogP contribution in [0.2, 0.25) is 0 Å². The smallest absolute Gasteiger partial charge is 0.293 e. The zero-order valence-corrected chi connectivity index (χ0v) is 44.1. The molecular formula is C56H71N9O9S. The number of aliphatic hydroxyl groups is 1. The molecule has 0 unspecified atom stereocenters. The number of morpholine rings is 1. The maximum atomic E-state index is 14.7. The molecule has 18 nitrogen and oxygen atoms in total. The van der Waals surface area contributed by atoms with Crippen molar-refractivity contribution in [2.24, 2.45) is 5.92 Å². The lowest BCUT2D eigenvalue weighted by molar-refractivity contribution is -0.384. The van der Waals surface area contributed by atoms with Gasteiger partial charge in [0.2, 0.25) is 5.88 Å². The first kappa shape index (κ1) is 51.3. The predicted octanol–water partition coefficient (Wildman–Crippen LogP) is 8.26. The van der Waals surface area contributed by atoms with Crippen LogP contribution in [-0.4, -0.2) is 140 Å². The molecule has 0 radical (unpaired) electrons. The summed E-state index contributed by atoms with van der Waals surface area (Å²) in [5.41, 5.74) is 4.64. The van der Waals surface area contributed by atoms with Crippen LogP contribution >= 0.6 is 0 Å². The molecule has 0 bridgehead atoms. The minimum atomic E-state index is -4.62. The standard InChI is InChI=1S/C56H71N9O9S/c1-36(2)43-6-4-5-7-44(43)51-34-73-29-27-63(51)40-10-8-39(9-11-40)61-23-25-62(26-24-61)41-12-14-45(48(31-41)64-47-19-28-72-35-52(47)74-55-50(64)30-38-18-22-57-53(38)59-55)54(66)60-75(70,71)42-13-15-46(49(32-42)65(68)69)58-33-37-16-20-56(3,67)21-17-37/h4-7,12-15,18,22,30-32,36-37,39-40,47,51-52,58,67H,8-11,16-17,19-21,23-29,33-35H2,1-3H3,(H,57,59)(H,60,66)/t37?,39?,40?,47-,51-,52-,56?/m0/s1. The fourth-order valence-corrected chi connectivity index (χ4v) is 13.8. The summed E-state index contributed by atoms with van der Waals surface area (Å²) in [6.45, 7) is 13.3. The van der Waals surface area contributed by atoms with Gasteiger partial charge < -0.3 is 39.4 Å². The summed E-state index contributed by atoms with van der Waals surface area (Å²) < 4.78 is 49.2. The zero-order valence-electron chi connectivity index (χ0n) is 43.3. The summed E-state index contributed by atoms with van der Waals surface area (Å²) >= 11 is 0. The summed E-state index contributed by atoms with van der Waals surface area (Å²) in [4.78, 5) is 43.9. The lowest BCUT2D eigenvalue weighted by atomic mass is 9.80. The Morgan fingerprint density at radius 2 is 1.65 bits per heavy atom. The predicted molar refractivity (Wildman–Crippen MR) is 288 cm³/mol. The van der Waals surface area contributed by atoms with Crippen molar-refractivity contribution in [2.45, 2.75) is 125 Å². The number of nitrogens with zero attached hydrogens (tertiary/aromatic N) is 6. The van der Waals surface area contributed by atoms with Crippen molar-refractivity contribution in [3.63, 3.8) is 0 Å². The van der Waals surface area contributed by atoms with Gasteiger partial charge in [-0.25, -0.2) is 13.1 Å². The third kappa shape index (κ3) is 10.7. The van der Waals surface area contributed by atoms with Gasteiger partial charge in [-0.15, -0.1) is 0 Å². The van der Waals surface area contributed by atoms with Gasteiger partial charge in [0.1, 0.15) is 23.1 Å². The maximum absolute atomic E-state index is 14.7. The molecule has 4 aliphatic heterocycles. The fourth-order valence-electron chi connectivity index (χ4n) is 12.8. The number of piperazine rings is 1. The Balaban J connectivity index is 0.832. The number of benzene rings is 3. The number of sulfonamides is 1. The molecule has 2 saturated carbocycles. The topological polar surface area (TPSA) is 208 Å². The lowest BCUT2D eigenvalue weighted by Gasteiger charge is -2.47. The summed E-state index contributed by atoms with van der Waals surface area (Å²) in [6, 6.07) is 23.0. The molecule has 19 heteroatoms. The normalized spacial score (nSPS) is 26.8. The quantitative estimate of drug-likeness (QED) is 0.0647. The molecular weight excluding hydrogens is 975 g/mol. The highest BCUT2D eigenvalue weighted by molar-refractivity contribution is 7.90. The Labute approximate surface area is 439 Å². The average molecular weight is 1050 g/mol. The third-order valence-corrected chi connectivity index (χ3v) is 18.4. The first-order valence-electron chi connectivity index (χ1n) is 27.1. The van der Waals surface area contributed by atoms with Gasteiger partial charge in [0.15, 0.2) is 0 Å². The number of nitro groups is 1. The van der Waals surface area contributed by atoms with Crippen LogP contribution in [0.15, 0.2) is 83.9 Å². The molecule has 1 amide bonds. The Kier molecular flexibility index (Phi) is 14.6. The van der Waals surface area contributed by atoms with Crippen LogP contribution in [0.25, 0.3) is 11.0 Å². The van der Waals surface area contributed by atoms with Crippen LogP contribution in [0.1, 0.15) is 112 Å². The molecule has 400 valence electrons. The van der Waals surface area contributed by atoms with Gasteiger partial charge in [-0.1, -0.05) is 38.1 Å². The van der Waals surface area contributed by atoms with Crippen molar-refractivity contribution >= 4 is 55.4 Å². The van der Waals surface area contributed by atoms with E-state index in [1.165, 1.54) is 23.3 Å². The number of H-pyrrole nitrogens is 1. The monoisotopic (exact) mass is 1050 g/mol. The molecule has 0 spiro atoms. The molecule has 75 heavy (non-hydrogen) atoms. The molecule has 3 atom stereocenters. The van der Waals surface area contributed by atoms with Gasteiger partial charge in [-0.2, -0.15) is 4.98 Å². The number of ether oxygens (including phenoxy) is 3. The number of fused-ring (bicyclic) bond motifs is 3. The maximum Gasteiger partial charge on any atom is 0.293 e. The molecule has 6 heterocycles. The number of aromatic nitrogens is 2. The number of nitrogens with one attached hydrogen (secondary N) is 3. The second kappa shape index (κ2) is 21.3. The molecule has 4 N–H and O–H groups in total. The van der Waals surface area contributed by atoms with Crippen molar-refractivity contribution in [2.75, 3.05) is 80.8 Å². The summed E-state index contributed by atoms with van der Waals surface area (Å²) in [6.07, 6.45) is 9.33. The minimum absolute atomic E-state index is 0.111. The van der Waals surface area contributed by atoms with Crippen molar-refractivity contribution in [1.29, 1.82) is 0 Å². The van der Waals surface area contributed by atoms with Crippen LogP contribution in [0.5, 0.6) is 5.88 Å². The highest BCUT2D eigenvalue weighted by Crippen LogP contribution is 2.46. The van der Waals surface area contributed by atoms with Crippen LogP contribution in [0.3, 0.4) is 0 Å². The highest BCUT2D eigenvalue weighted by atomic mass is 32.2. The van der Waals surface area contributed by atoms with E-state index in [0.29, 0.717) is 79.9 Å². The number of aromatic amines is 1. The minimum Gasteiger partial charge on any atom is -0.468 e. The molecule has 5 fully saturated rings. The van der Waals surface area contributed by atoms with E-state index >= 15 is 0 Å². The highest BCUT2D eigenvalue weighted by Gasteiger charge is 2.43. The average Bonchev–Trinajstić information content (AvgIpc) is 3.88. The van der Waals surface area contributed by atoms with Crippen LogP contribution in [0, 0.1) is 16.0 Å². The second-order valence-corrected chi connectivity index (χ2v) is 23.9. The molecule has 3 saturated heterocycles. The van der Waals surface area contributed by atoms with Gasteiger partial charge in [0.25, 0.3) is 21.6 Å². The van der Waals surface area contributed by atoms with E-state index in [1.807, 2.05) is 37.4 Å². The van der Waals surface area contributed by atoms with E-state index in [1.54, 1.807) is 6.07 Å².